The Morgan fingerprint density at radius 1 is 1.44 bits per heavy atom. The molecule has 2 aliphatic rings. The van der Waals surface area contributed by atoms with Crippen LogP contribution in [0.1, 0.15) is 39.5 Å². The molecule has 1 saturated carbocycles. The molecule has 0 aromatic heterocycles. The lowest BCUT2D eigenvalue weighted by molar-refractivity contribution is -0.124. The first-order valence-corrected chi connectivity index (χ1v) is 7.31. The molecule has 2 rings (SSSR count). The smallest absolute Gasteiger partial charge is 0.237 e. The number of hydrogen-bond donors (Lipinski definition) is 2. The van der Waals surface area contributed by atoms with Gasteiger partial charge in [0.05, 0.1) is 6.04 Å². The third kappa shape index (κ3) is 3.69. The van der Waals surface area contributed by atoms with Crippen molar-refractivity contribution in [1.82, 2.24) is 15.5 Å². The summed E-state index contributed by atoms with van der Waals surface area (Å²) >= 11 is 0. The van der Waals surface area contributed by atoms with Crippen molar-refractivity contribution in [3.8, 4) is 0 Å². The lowest BCUT2D eigenvalue weighted by atomic mass is 9.94. The van der Waals surface area contributed by atoms with Gasteiger partial charge in [0.25, 0.3) is 0 Å². The summed E-state index contributed by atoms with van der Waals surface area (Å²) < 4.78 is 0. The summed E-state index contributed by atoms with van der Waals surface area (Å²) in [7, 11) is 2.16. The molecule has 0 spiro atoms. The lowest BCUT2D eigenvalue weighted by Gasteiger charge is -2.29. The second-order valence-corrected chi connectivity index (χ2v) is 6.13. The molecule has 4 heteroatoms. The maximum atomic E-state index is 12.1. The van der Waals surface area contributed by atoms with E-state index >= 15 is 0 Å². The van der Waals surface area contributed by atoms with Crippen molar-refractivity contribution in [2.45, 2.75) is 57.7 Å². The molecule has 0 bridgehead atoms. The van der Waals surface area contributed by atoms with Crippen LogP contribution in [0.2, 0.25) is 0 Å². The first-order valence-electron chi connectivity index (χ1n) is 7.31. The molecule has 1 aliphatic heterocycles. The van der Waals surface area contributed by atoms with Gasteiger partial charge in [-0.25, -0.2) is 0 Å². The molecule has 1 saturated heterocycles. The van der Waals surface area contributed by atoms with Crippen molar-refractivity contribution < 1.29 is 4.79 Å². The second-order valence-electron chi connectivity index (χ2n) is 6.13. The molecule has 0 aromatic rings. The molecule has 1 heterocycles. The number of carbonyl (C=O) groups excluding carboxylic acids is 1. The van der Waals surface area contributed by atoms with Crippen molar-refractivity contribution in [1.29, 1.82) is 0 Å². The van der Waals surface area contributed by atoms with Crippen LogP contribution >= 0.6 is 0 Å². The summed E-state index contributed by atoms with van der Waals surface area (Å²) in [4.78, 5) is 14.5. The molecule has 2 fully saturated rings. The minimum atomic E-state index is 0.0205. The highest BCUT2D eigenvalue weighted by Crippen LogP contribution is 2.26. The standard InChI is InChI=1S/C14H27N3O/c1-10-6-7-15-13(8-10)14(18)16-9-11(2)17(3)12-4-5-12/h10-13,15H,4-9H2,1-3H3,(H,16,18). The first-order chi connectivity index (χ1) is 8.58. The second kappa shape index (κ2) is 6.02. The van der Waals surface area contributed by atoms with Gasteiger partial charge in [0.15, 0.2) is 0 Å². The van der Waals surface area contributed by atoms with E-state index < -0.39 is 0 Å². The maximum absolute atomic E-state index is 12.1. The highest BCUT2D eigenvalue weighted by atomic mass is 16.2. The topological polar surface area (TPSA) is 44.4 Å². The van der Waals surface area contributed by atoms with Crippen LogP contribution in [0.15, 0.2) is 0 Å². The Hall–Kier alpha value is -0.610. The zero-order chi connectivity index (χ0) is 13.1. The van der Waals surface area contributed by atoms with E-state index in [0.717, 1.165) is 25.6 Å². The minimum Gasteiger partial charge on any atom is -0.353 e. The molecule has 0 aromatic carbocycles. The van der Waals surface area contributed by atoms with Crippen LogP contribution < -0.4 is 10.6 Å². The van der Waals surface area contributed by atoms with Crippen LogP contribution in [0.4, 0.5) is 0 Å². The summed E-state index contributed by atoms with van der Waals surface area (Å²) in [6.07, 6.45) is 4.79. The predicted octanol–water partition coefficient (Wildman–Crippen LogP) is 0.973. The van der Waals surface area contributed by atoms with Gasteiger partial charge >= 0.3 is 0 Å². The Labute approximate surface area is 110 Å². The van der Waals surface area contributed by atoms with E-state index in [1.54, 1.807) is 0 Å². The third-order valence-corrected chi connectivity index (χ3v) is 4.37. The number of rotatable bonds is 5. The number of carbonyl (C=O) groups is 1. The number of likely N-dealkylation sites (N-methyl/N-ethyl adjacent to an activating group) is 1. The van der Waals surface area contributed by atoms with Gasteiger partial charge in [-0.1, -0.05) is 6.92 Å². The molecule has 4 nitrogen and oxygen atoms in total. The normalized spacial score (nSPS) is 30.2. The highest BCUT2D eigenvalue weighted by Gasteiger charge is 2.30. The van der Waals surface area contributed by atoms with Crippen LogP contribution in [0.3, 0.4) is 0 Å². The number of hydrogen-bond acceptors (Lipinski definition) is 3. The highest BCUT2D eigenvalue weighted by molar-refractivity contribution is 5.81. The van der Waals surface area contributed by atoms with Crippen LogP contribution in [0.25, 0.3) is 0 Å². The number of piperidine rings is 1. The lowest BCUT2D eigenvalue weighted by Crippen LogP contribution is -2.51. The van der Waals surface area contributed by atoms with E-state index in [0.29, 0.717) is 12.0 Å². The van der Waals surface area contributed by atoms with E-state index in [4.69, 9.17) is 0 Å². The summed E-state index contributed by atoms with van der Waals surface area (Å²) in [6.45, 7) is 6.15. The summed E-state index contributed by atoms with van der Waals surface area (Å²) in [5.74, 6) is 0.839. The Bertz CT molecular complexity index is 291. The Morgan fingerprint density at radius 3 is 2.78 bits per heavy atom. The van der Waals surface area contributed by atoms with E-state index in [-0.39, 0.29) is 11.9 Å². The zero-order valence-corrected chi connectivity index (χ0v) is 11.9. The first kappa shape index (κ1) is 13.8. The van der Waals surface area contributed by atoms with Gasteiger partial charge in [-0.3, -0.25) is 9.69 Å². The Morgan fingerprint density at radius 2 is 2.17 bits per heavy atom. The van der Waals surface area contributed by atoms with Gasteiger partial charge in [0, 0.05) is 18.6 Å². The summed E-state index contributed by atoms with van der Waals surface area (Å²) in [5, 5.41) is 6.40. The van der Waals surface area contributed by atoms with E-state index in [1.807, 2.05) is 0 Å². The van der Waals surface area contributed by atoms with E-state index in [9.17, 15) is 4.79 Å². The molecule has 1 amide bonds. The molecule has 18 heavy (non-hydrogen) atoms. The fourth-order valence-corrected chi connectivity index (χ4v) is 2.66. The third-order valence-electron chi connectivity index (χ3n) is 4.37. The average Bonchev–Trinajstić information content (AvgIpc) is 3.18. The number of nitrogens with zero attached hydrogens (tertiary/aromatic N) is 1. The van der Waals surface area contributed by atoms with Crippen LogP contribution in [-0.2, 0) is 4.79 Å². The number of amides is 1. The molecular formula is C14H27N3O. The van der Waals surface area contributed by atoms with Gasteiger partial charge < -0.3 is 10.6 Å². The fraction of sp³-hybridized carbons (Fsp3) is 0.929. The van der Waals surface area contributed by atoms with Gasteiger partial charge in [-0.05, 0) is 52.1 Å². The maximum Gasteiger partial charge on any atom is 0.237 e. The molecule has 3 atom stereocenters. The predicted molar refractivity (Wildman–Crippen MR) is 73.4 cm³/mol. The van der Waals surface area contributed by atoms with E-state index in [1.165, 1.54) is 19.3 Å². The van der Waals surface area contributed by atoms with Crippen LogP contribution in [-0.4, -0.2) is 49.1 Å². The monoisotopic (exact) mass is 253 g/mol. The van der Waals surface area contributed by atoms with Gasteiger partial charge in [-0.2, -0.15) is 0 Å². The summed E-state index contributed by atoms with van der Waals surface area (Å²) in [5.41, 5.74) is 0. The molecular weight excluding hydrogens is 226 g/mol. The largest absolute Gasteiger partial charge is 0.353 e. The quantitative estimate of drug-likeness (QED) is 0.767. The van der Waals surface area contributed by atoms with Crippen molar-refractivity contribution in [2.75, 3.05) is 20.1 Å². The summed E-state index contributed by atoms with van der Waals surface area (Å²) in [6, 6.07) is 1.21. The minimum absolute atomic E-state index is 0.0205. The Balaban J connectivity index is 1.70. The zero-order valence-electron chi connectivity index (χ0n) is 11.9. The number of nitrogens with one attached hydrogen (secondary N) is 2. The van der Waals surface area contributed by atoms with Crippen molar-refractivity contribution >= 4 is 5.91 Å². The average molecular weight is 253 g/mol. The molecule has 1 aliphatic carbocycles. The SMILES string of the molecule is CC1CCNC(C(=O)NCC(C)N(C)C2CC2)C1. The van der Waals surface area contributed by atoms with Gasteiger partial charge in [-0.15, -0.1) is 0 Å². The van der Waals surface area contributed by atoms with E-state index in [2.05, 4.69) is 36.4 Å². The van der Waals surface area contributed by atoms with Gasteiger partial charge in [0.2, 0.25) is 5.91 Å². The molecule has 0 radical (unpaired) electrons. The van der Waals surface area contributed by atoms with Crippen molar-refractivity contribution in [3.05, 3.63) is 0 Å². The fourth-order valence-electron chi connectivity index (χ4n) is 2.66. The Kier molecular flexibility index (Phi) is 4.62. The molecule has 104 valence electrons. The van der Waals surface area contributed by atoms with Crippen molar-refractivity contribution in [3.63, 3.8) is 0 Å². The van der Waals surface area contributed by atoms with Crippen LogP contribution in [0.5, 0.6) is 0 Å². The van der Waals surface area contributed by atoms with Gasteiger partial charge in [0.1, 0.15) is 0 Å². The van der Waals surface area contributed by atoms with Crippen molar-refractivity contribution in [2.24, 2.45) is 5.92 Å². The molecule has 3 unspecified atom stereocenters. The molecule has 2 N–H and O–H groups in total. The van der Waals surface area contributed by atoms with Crippen LogP contribution in [0, 0.1) is 5.92 Å².